The second-order valence-corrected chi connectivity index (χ2v) is 3.82. The Morgan fingerprint density at radius 3 is 2.27 bits per heavy atom. The Hall–Kier alpha value is -0.770. The molecule has 4 nitrogen and oxygen atoms in total. The summed E-state index contributed by atoms with van der Waals surface area (Å²) in [6, 6.07) is 0. The zero-order valence-corrected chi connectivity index (χ0v) is 9.97. The Morgan fingerprint density at radius 1 is 1.00 bits per heavy atom. The van der Waals surface area contributed by atoms with Crippen molar-refractivity contribution in [3.63, 3.8) is 0 Å². The van der Waals surface area contributed by atoms with Gasteiger partial charge < -0.3 is 16.8 Å². The summed E-state index contributed by atoms with van der Waals surface area (Å²) in [5.74, 6) is 0.202. The molecule has 0 amide bonds. The van der Waals surface area contributed by atoms with E-state index in [9.17, 15) is 0 Å². The van der Waals surface area contributed by atoms with Crippen LogP contribution in [0.3, 0.4) is 0 Å². The lowest BCUT2D eigenvalue weighted by Gasteiger charge is -2.03. The smallest absolute Gasteiger partial charge is 0.185 e. The van der Waals surface area contributed by atoms with Crippen molar-refractivity contribution >= 4 is 5.96 Å². The maximum atomic E-state index is 5.22. The number of guanidine groups is 1. The topological polar surface area (TPSA) is 76.4 Å². The fraction of sp³-hybridized carbons (Fsp3) is 0.909. The first-order valence-electron chi connectivity index (χ1n) is 6.03. The second-order valence-electron chi connectivity index (χ2n) is 3.82. The lowest BCUT2D eigenvalue weighted by atomic mass is 10.2. The van der Waals surface area contributed by atoms with Crippen LogP contribution in [0.1, 0.15) is 45.4 Å². The number of nitrogens with one attached hydrogen (secondary N) is 1. The van der Waals surface area contributed by atoms with Gasteiger partial charge in [-0.3, -0.25) is 4.99 Å². The molecule has 0 unspecified atom stereocenters. The van der Waals surface area contributed by atoms with E-state index in [-0.39, 0.29) is 5.96 Å². The van der Waals surface area contributed by atoms with Crippen LogP contribution in [0, 0.1) is 0 Å². The molecule has 0 fully saturated rings. The second kappa shape index (κ2) is 11.3. The molecule has 0 atom stereocenters. The lowest BCUT2D eigenvalue weighted by Crippen LogP contribution is -2.23. The van der Waals surface area contributed by atoms with E-state index in [1.54, 1.807) is 0 Å². The molecule has 0 aromatic carbocycles. The van der Waals surface area contributed by atoms with Crippen LogP contribution >= 0.6 is 0 Å². The van der Waals surface area contributed by atoms with Crippen LogP contribution in [0.5, 0.6) is 0 Å². The molecule has 0 rings (SSSR count). The van der Waals surface area contributed by atoms with E-state index < -0.39 is 0 Å². The Bertz CT molecular complexity index is 153. The van der Waals surface area contributed by atoms with Crippen LogP contribution in [-0.4, -0.2) is 25.6 Å². The fourth-order valence-electron chi connectivity index (χ4n) is 1.37. The van der Waals surface area contributed by atoms with Gasteiger partial charge in [-0.1, -0.05) is 26.2 Å². The Kier molecular flexibility index (Phi) is 10.7. The zero-order valence-electron chi connectivity index (χ0n) is 9.97. The number of hydrogen-bond donors (Lipinski definition) is 3. The highest BCUT2D eigenvalue weighted by atomic mass is 15.0. The molecule has 0 bridgehead atoms. The summed E-state index contributed by atoms with van der Waals surface area (Å²) in [7, 11) is 0. The van der Waals surface area contributed by atoms with Gasteiger partial charge >= 0.3 is 0 Å². The van der Waals surface area contributed by atoms with Gasteiger partial charge in [0.05, 0.1) is 0 Å². The summed E-state index contributed by atoms with van der Waals surface area (Å²) in [6.07, 6.45) is 7.40. The van der Waals surface area contributed by atoms with Crippen molar-refractivity contribution in [2.24, 2.45) is 16.5 Å². The third-order valence-corrected chi connectivity index (χ3v) is 2.26. The first-order valence-corrected chi connectivity index (χ1v) is 6.03. The molecule has 0 heterocycles. The average Bonchev–Trinajstić information content (AvgIpc) is 2.20. The molecule has 0 aromatic heterocycles. The van der Waals surface area contributed by atoms with Crippen LogP contribution in [-0.2, 0) is 0 Å². The van der Waals surface area contributed by atoms with Crippen molar-refractivity contribution in [3.8, 4) is 0 Å². The summed E-state index contributed by atoms with van der Waals surface area (Å²) in [4.78, 5) is 3.93. The van der Waals surface area contributed by atoms with Crippen LogP contribution in [0.25, 0.3) is 0 Å². The zero-order chi connectivity index (χ0) is 11.4. The molecule has 15 heavy (non-hydrogen) atoms. The quantitative estimate of drug-likeness (QED) is 0.291. The van der Waals surface area contributed by atoms with Crippen LogP contribution < -0.4 is 16.8 Å². The van der Waals surface area contributed by atoms with E-state index in [0.29, 0.717) is 0 Å². The van der Waals surface area contributed by atoms with E-state index in [4.69, 9.17) is 11.5 Å². The number of hydrogen-bond acceptors (Lipinski definition) is 2. The first kappa shape index (κ1) is 14.2. The number of nitrogens with two attached hydrogens (primary N) is 2. The standard InChI is InChI=1S/C11H26N4/c1-2-3-5-8-14-9-6-4-7-10-15-11(12)13/h14H,2-10H2,1H3,(H4,12,13,15). The molecule has 0 saturated heterocycles. The van der Waals surface area contributed by atoms with Crippen LogP contribution in [0.15, 0.2) is 4.99 Å². The largest absolute Gasteiger partial charge is 0.370 e. The van der Waals surface area contributed by atoms with Crippen molar-refractivity contribution in [2.45, 2.75) is 45.4 Å². The van der Waals surface area contributed by atoms with Gasteiger partial charge in [0, 0.05) is 6.54 Å². The summed E-state index contributed by atoms with van der Waals surface area (Å²) in [6.45, 7) is 5.26. The summed E-state index contributed by atoms with van der Waals surface area (Å²) in [5.41, 5.74) is 10.4. The first-order chi connectivity index (χ1) is 7.27. The van der Waals surface area contributed by atoms with Gasteiger partial charge in [0.25, 0.3) is 0 Å². The third-order valence-electron chi connectivity index (χ3n) is 2.26. The molecule has 4 heteroatoms. The molecule has 0 saturated carbocycles. The van der Waals surface area contributed by atoms with E-state index in [0.717, 1.165) is 26.1 Å². The molecule has 0 radical (unpaired) electrons. The van der Waals surface area contributed by atoms with Crippen molar-refractivity contribution in [3.05, 3.63) is 0 Å². The molecule has 90 valence electrons. The van der Waals surface area contributed by atoms with Crippen LogP contribution in [0.4, 0.5) is 0 Å². The molecule has 0 aliphatic heterocycles. The number of rotatable bonds is 10. The van der Waals surface area contributed by atoms with E-state index >= 15 is 0 Å². The van der Waals surface area contributed by atoms with Gasteiger partial charge in [-0.2, -0.15) is 0 Å². The van der Waals surface area contributed by atoms with E-state index in [1.165, 1.54) is 32.1 Å². The molecular weight excluding hydrogens is 188 g/mol. The van der Waals surface area contributed by atoms with Gasteiger partial charge in [0.2, 0.25) is 0 Å². The number of nitrogens with zero attached hydrogens (tertiary/aromatic N) is 1. The predicted molar refractivity (Wildman–Crippen MR) is 66.9 cm³/mol. The van der Waals surface area contributed by atoms with Gasteiger partial charge in [-0.15, -0.1) is 0 Å². The minimum absolute atomic E-state index is 0.202. The van der Waals surface area contributed by atoms with Gasteiger partial charge in [0.1, 0.15) is 0 Å². The Morgan fingerprint density at radius 2 is 1.67 bits per heavy atom. The fourth-order valence-corrected chi connectivity index (χ4v) is 1.37. The maximum absolute atomic E-state index is 5.22. The highest BCUT2D eigenvalue weighted by Gasteiger charge is 1.90. The van der Waals surface area contributed by atoms with Crippen molar-refractivity contribution in [1.29, 1.82) is 0 Å². The monoisotopic (exact) mass is 214 g/mol. The molecule has 0 aromatic rings. The number of unbranched alkanes of at least 4 members (excludes halogenated alkanes) is 4. The van der Waals surface area contributed by atoms with Gasteiger partial charge in [0.15, 0.2) is 5.96 Å². The molecule has 0 aliphatic carbocycles. The van der Waals surface area contributed by atoms with Crippen LogP contribution in [0.2, 0.25) is 0 Å². The van der Waals surface area contributed by atoms with Gasteiger partial charge in [-0.05, 0) is 32.4 Å². The van der Waals surface area contributed by atoms with Gasteiger partial charge in [-0.25, -0.2) is 0 Å². The molecule has 5 N–H and O–H groups in total. The minimum atomic E-state index is 0.202. The van der Waals surface area contributed by atoms with E-state index in [1.807, 2.05) is 0 Å². The van der Waals surface area contributed by atoms with Crippen molar-refractivity contribution < 1.29 is 0 Å². The average molecular weight is 214 g/mol. The minimum Gasteiger partial charge on any atom is -0.370 e. The summed E-state index contributed by atoms with van der Waals surface area (Å²) in [5, 5.41) is 3.43. The third kappa shape index (κ3) is 13.2. The Balaban J connectivity index is 2.96. The highest BCUT2D eigenvalue weighted by molar-refractivity contribution is 5.75. The molecule has 0 aliphatic rings. The van der Waals surface area contributed by atoms with Crippen molar-refractivity contribution in [1.82, 2.24) is 5.32 Å². The van der Waals surface area contributed by atoms with E-state index in [2.05, 4.69) is 17.2 Å². The lowest BCUT2D eigenvalue weighted by molar-refractivity contribution is 0.577. The summed E-state index contributed by atoms with van der Waals surface area (Å²) < 4.78 is 0. The predicted octanol–water partition coefficient (Wildman–Crippen LogP) is 1.21. The molecule has 0 spiro atoms. The SMILES string of the molecule is CCCCCNCCCCCN=C(N)N. The Labute approximate surface area is 93.5 Å². The normalized spacial score (nSPS) is 10.2. The molecular formula is C11H26N4. The number of aliphatic imine (C=N–C) groups is 1. The maximum Gasteiger partial charge on any atom is 0.185 e. The highest BCUT2D eigenvalue weighted by Crippen LogP contribution is 1.95. The van der Waals surface area contributed by atoms with Crippen molar-refractivity contribution in [2.75, 3.05) is 19.6 Å². The summed E-state index contributed by atoms with van der Waals surface area (Å²) >= 11 is 0.